The lowest BCUT2D eigenvalue weighted by atomic mass is 9.93. The molecule has 0 aliphatic heterocycles. The number of hydrogen-bond donors (Lipinski definition) is 1. The predicted molar refractivity (Wildman–Crippen MR) is 99.5 cm³/mol. The zero-order valence-electron chi connectivity index (χ0n) is 14.8. The van der Waals surface area contributed by atoms with Crippen molar-refractivity contribution in [2.24, 2.45) is 0 Å². The average molecular weight is 363 g/mol. The largest absolute Gasteiger partial charge is 0.505 e. The highest BCUT2D eigenvalue weighted by Crippen LogP contribution is 2.39. The Morgan fingerprint density at radius 2 is 1.33 bits per heavy atom. The number of methoxy groups -OCH3 is 2. The lowest BCUT2D eigenvalue weighted by molar-refractivity contribution is 0.0587. The van der Waals surface area contributed by atoms with Crippen LogP contribution in [0.1, 0.15) is 20.8 Å². The Hall–Kier alpha value is -3.67. The van der Waals surface area contributed by atoms with E-state index in [4.69, 9.17) is 9.47 Å². The first-order valence-electron chi connectivity index (χ1n) is 8.13. The van der Waals surface area contributed by atoms with Crippen LogP contribution in [0.2, 0.25) is 0 Å². The maximum atomic E-state index is 12.5. The molecule has 0 amide bonds. The Bertz CT molecular complexity index is 984. The fourth-order valence-electron chi connectivity index (χ4n) is 2.81. The van der Waals surface area contributed by atoms with Crippen LogP contribution in [-0.4, -0.2) is 36.2 Å². The predicted octanol–water partition coefficient (Wildman–Crippen LogP) is 3.69. The summed E-state index contributed by atoms with van der Waals surface area (Å²) in [6.45, 7) is 0. The second-order valence-corrected chi connectivity index (χ2v) is 5.62. The number of rotatable bonds is 4. The zero-order valence-corrected chi connectivity index (χ0v) is 14.8. The van der Waals surface area contributed by atoms with Crippen LogP contribution in [-0.2, 0) is 9.47 Å². The van der Waals surface area contributed by atoms with Gasteiger partial charge >= 0.3 is 11.9 Å². The van der Waals surface area contributed by atoms with Gasteiger partial charge in [-0.3, -0.25) is 0 Å². The third kappa shape index (κ3) is 3.37. The molecule has 3 aromatic rings. The molecule has 0 aliphatic carbocycles. The highest BCUT2D eigenvalue weighted by atomic mass is 16.5. The number of esters is 2. The average Bonchev–Trinajstić information content (AvgIpc) is 2.73. The van der Waals surface area contributed by atoms with Gasteiger partial charge in [0.05, 0.1) is 19.9 Å². The normalized spacial score (nSPS) is 10.3. The molecule has 0 bridgehead atoms. The van der Waals surface area contributed by atoms with E-state index in [9.17, 15) is 14.7 Å². The molecule has 0 unspecified atom stereocenters. The Balaban J connectivity index is 2.46. The van der Waals surface area contributed by atoms with Crippen molar-refractivity contribution in [1.29, 1.82) is 0 Å². The van der Waals surface area contributed by atoms with Crippen molar-refractivity contribution in [3.8, 4) is 28.1 Å². The number of carbonyl (C=O) groups is 2. The molecule has 2 aromatic carbocycles. The summed E-state index contributed by atoms with van der Waals surface area (Å²) >= 11 is 0. The minimum Gasteiger partial charge on any atom is -0.505 e. The van der Waals surface area contributed by atoms with Crippen LogP contribution in [0.15, 0.2) is 60.7 Å². The summed E-state index contributed by atoms with van der Waals surface area (Å²) in [6, 6.07) is 18.1. The van der Waals surface area contributed by atoms with Crippen LogP contribution in [0.25, 0.3) is 22.4 Å². The Morgan fingerprint density at radius 1 is 0.815 bits per heavy atom. The number of benzene rings is 2. The minimum atomic E-state index is -0.852. The highest BCUT2D eigenvalue weighted by Gasteiger charge is 2.29. The van der Waals surface area contributed by atoms with E-state index in [1.54, 1.807) is 36.4 Å². The number of pyridine rings is 1. The monoisotopic (exact) mass is 363 g/mol. The molecule has 0 fully saturated rings. The molecular formula is C21H17NO5. The third-order valence-electron chi connectivity index (χ3n) is 4.05. The van der Waals surface area contributed by atoms with Crippen molar-refractivity contribution >= 4 is 11.9 Å². The van der Waals surface area contributed by atoms with E-state index in [1.807, 2.05) is 24.3 Å². The van der Waals surface area contributed by atoms with Crippen LogP contribution >= 0.6 is 0 Å². The Kier molecular flexibility index (Phi) is 5.17. The number of hydrogen-bond acceptors (Lipinski definition) is 6. The quantitative estimate of drug-likeness (QED) is 0.712. The summed E-state index contributed by atoms with van der Waals surface area (Å²) in [6.07, 6.45) is 0. The molecule has 1 N–H and O–H groups in total. The lowest BCUT2D eigenvalue weighted by Gasteiger charge is -2.17. The van der Waals surface area contributed by atoms with Gasteiger partial charge < -0.3 is 14.6 Å². The van der Waals surface area contributed by atoms with E-state index in [-0.39, 0.29) is 11.3 Å². The lowest BCUT2D eigenvalue weighted by Crippen LogP contribution is -2.13. The molecule has 27 heavy (non-hydrogen) atoms. The maximum absolute atomic E-state index is 12.5. The molecular weight excluding hydrogens is 346 g/mol. The molecule has 1 aromatic heterocycles. The van der Waals surface area contributed by atoms with Crippen LogP contribution in [0.4, 0.5) is 0 Å². The standard InChI is InChI=1S/C21H17NO5/c1-26-20(24)16-15(13-9-5-3-6-10-13)17(14-11-7-4-8-12-14)22-18(19(16)23)21(25)27-2/h3-12,23H,1-2H3. The second-order valence-electron chi connectivity index (χ2n) is 5.62. The van der Waals surface area contributed by atoms with Gasteiger partial charge in [0.25, 0.3) is 0 Å². The first-order valence-corrected chi connectivity index (χ1v) is 8.13. The fraction of sp³-hybridized carbons (Fsp3) is 0.0952. The van der Waals surface area contributed by atoms with Crippen molar-refractivity contribution in [3.63, 3.8) is 0 Å². The van der Waals surface area contributed by atoms with Gasteiger partial charge in [-0.05, 0) is 5.56 Å². The van der Waals surface area contributed by atoms with Crippen LogP contribution in [0.3, 0.4) is 0 Å². The number of aromatic nitrogens is 1. The molecule has 6 heteroatoms. The minimum absolute atomic E-state index is 0.141. The van der Waals surface area contributed by atoms with E-state index >= 15 is 0 Å². The smallest absolute Gasteiger partial charge is 0.360 e. The van der Waals surface area contributed by atoms with Gasteiger partial charge in [-0.15, -0.1) is 0 Å². The van der Waals surface area contributed by atoms with Gasteiger partial charge in [-0.1, -0.05) is 60.7 Å². The Morgan fingerprint density at radius 3 is 1.85 bits per heavy atom. The van der Waals surface area contributed by atoms with Gasteiger partial charge in [-0.25, -0.2) is 14.6 Å². The third-order valence-corrected chi connectivity index (χ3v) is 4.05. The number of nitrogens with zero attached hydrogens (tertiary/aromatic N) is 1. The SMILES string of the molecule is COC(=O)c1nc(-c2ccccc2)c(-c2ccccc2)c(C(=O)OC)c1O. The van der Waals surface area contributed by atoms with Crippen molar-refractivity contribution in [2.75, 3.05) is 14.2 Å². The summed E-state index contributed by atoms with van der Waals surface area (Å²) < 4.78 is 9.57. The van der Waals surface area contributed by atoms with Crippen LogP contribution < -0.4 is 0 Å². The maximum Gasteiger partial charge on any atom is 0.360 e. The molecule has 0 atom stereocenters. The van der Waals surface area contributed by atoms with Gasteiger partial charge in [0, 0.05) is 11.1 Å². The molecule has 0 spiro atoms. The van der Waals surface area contributed by atoms with E-state index in [0.717, 1.165) is 0 Å². The van der Waals surface area contributed by atoms with Crippen molar-refractivity contribution in [1.82, 2.24) is 4.98 Å². The summed E-state index contributed by atoms with van der Waals surface area (Å²) in [4.78, 5) is 29.0. The second kappa shape index (κ2) is 7.70. The molecule has 6 nitrogen and oxygen atoms in total. The summed E-state index contributed by atoms with van der Waals surface area (Å²) in [5.41, 5.74) is 1.57. The summed E-state index contributed by atoms with van der Waals surface area (Å²) in [5.74, 6) is -2.21. The van der Waals surface area contributed by atoms with Gasteiger partial charge in [0.1, 0.15) is 5.56 Å². The first kappa shape index (κ1) is 18.1. The van der Waals surface area contributed by atoms with Gasteiger partial charge in [-0.2, -0.15) is 0 Å². The van der Waals surface area contributed by atoms with E-state index < -0.39 is 17.7 Å². The molecule has 1 heterocycles. The molecule has 0 radical (unpaired) electrons. The van der Waals surface area contributed by atoms with Gasteiger partial charge in [0.15, 0.2) is 11.4 Å². The fourth-order valence-corrected chi connectivity index (χ4v) is 2.81. The van der Waals surface area contributed by atoms with E-state index in [2.05, 4.69) is 4.98 Å². The van der Waals surface area contributed by atoms with Crippen LogP contribution in [0, 0.1) is 0 Å². The molecule has 136 valence electrons. The van der Waals surface area contributed by atoms with Crippen molar-refractivity contribution < 1.29 is 24.2 Å². The molecule has 0 aliphatic rings. The molecule has 0 saturated carbocycles. The summed E-state index contributed by atoms with van der Waals surface area (Å²) in [5, 5.41) is 10.6. The number of aromatic hydroxyl groups is 1. The van der Waals surface area contributed by atoms with Crippen molar-refractivity contribution in [2.45, 2.75) is 0 Å². The Labute approximate surface area is 156 Å². The zero-order chi connectivity index (χ0) is 19.4. The topological polar surface area (TPSA) is 85.7 Å². The van der Waals surface area contributed by atoms with Gasteiger partial charge in [0.2, 0.25) is 0 Å². The van der Waals surface area contributed by atoms with E-state index in [0.29, 0.717) is 22.4 Å². The van der Waals surface area contributed by atoms with Crippen LogP contribution in [0.5, 0.6) is 5.75 Å². The first-order chi connectivity index (χ1) is 13.1. The van der Waals surface area contributed by atoms with Crippen molar-refractivity contribution in [3.05, 3.63) is 71.9 Å². The number of carbonyl (C=O) groups excluding carboxylic acids is 2. The highest BCUT2D eigenvalue weighted by molar-refractivity contribution is 6.07. The van der Waals surface area contributed by atoms with E-state index in [1.165, 1.54) is 14.2 Å². The number of ether oxygens (including phenoxy) is 2. The molecule has 0 saturated heterocycles. The summed E-state index contributed by atoms with van der Waals surface area (Å²) in [7, 11) is 2.38. The molecule has 3 rings (SSSR count).